The fraction of sp³-hybridized carbons (Fsp3) is 0.920. The van der Waals surface area contributed by atoms with Crippen LogP contribution < -0.4 is 0 Å². The fourth-order valence-electron chi connectivity index (χ4n) is 4.04. The van der Waals surface area contributed by atoms with Gasteiger partial charge in [0, 0.05) is 12.8 Å². The lowest BCUT2D eigenvalue weighted by atomic mass is 9.90. The van der Waals surface area contributed by atoms with Crippen molar-refractivity contribution in [1.29, 1.82) is 0 Å². The van der Waals surface area contributed by atoms with Gasteiger partial charge in [-0.3, -0.25) is 9.59 Å². The van der Waals surface area contributed by atoms with E-state index in [9.17, 15) is 9.59 Å². The third kappa shape index (κ3) is 16.4. The molecule has 0 spiro atoms. The molecule has 1 rings (SSSR count). The lowest BCUT2D eigenvalue weighted by Crippen LogP contribution is -2.17. The molecule has 0 aromatic carbocycles. The van der Waals surface area contributed by atoms with Crippen LogP contribution in [0, 0.1) is 5.92 Å². The molecule has 0 amide bonds. The van der Waals surface area contributed by atoms with Crippen molar-refractivity contribution in [3.63, 3.8) is 0 Å². The van der Waals surface area contributed by atoms with E-state index in [1.165, 1.54) is 89.9 Å². The topological polar surface area (TPSA) is 52.6 Å². The Bertz CT molecular complexity index is 402. The summed E-state index contributed by atoms with van der Waals surface area (Å²) in [7, 11) is 0. The van der Waals surface area contributed by atoms with Crippen molar-refractivity contribution in [2.75, 3.05) is 13.2 Å². The van der Waals surface area contributed by atoms with E-state index < -0.39 is 0 Å². The molecule has 170 valence electrons. The van der Waals surface area contributed by atoms with Gasteiger partial charge in [0.1, 0.15) is 0 Å². The highest BCUT2D eigenvalue weighted by atomic mass is 16.5. The number of ether oxygens (including phenoxy) is 2. The summed E-state index contributed by atoms with van der Waals surface area (Å²) in [6, 6.07) is 0. The van der Waals surface area contributed by atoms with Crippen molar-refractivity contribution in [1.82, 2.24) is 0 Å². The Hall–Kier alpha value is -1.06. The lowest BCUT2D eigenvalue weighted by molar-refractivity contribution is -0.146. The molecule has 0 saturated heterocycles. The average molecular weight is 411 g/mol. The van der Waals surface area contributed by atoms with Gasteiger partial charge < -0.3 is 9.47 Å². The maximum atomic E-state index is 11.8. The van der Waals surface area contributed by atoms with Gasteiger partial charge in [-0.15, -0.1) is 0 Å². The SMILES string of the molecule is CCCCCCCCCCCCCOC(=O)CCCC(=O)OCC1CCCCC1. The average Bonchev–Trinajstić information content (AvgIpc) is 2.74. The van der Waals surface area contributed by atoms with Crippen molar-refractivity contribution in [2.24, 2.45) is 5.92 Å². The molecule has 0 radical (unpaired) electrons. The molecule has 0 atom stereocenters. The van der Waals surface area contributed by atoms with Gasteiger partial charge in [-0.2, -0.15) is 0 Å². The summed E-state index contributed by atoms with van der Waals surface area (Å²) in [5.41, 5.74) is 0. The summed E-state index contributed by atoms with van der Waals surface area (Å²) in [6.45, 7) is 3.33. The second kappa shape index (κ2) is 18.9. The molecular weight excluding hydrogens is 364 g/mol. The molecule has 0 aromatic heterocycles. The second-order valence-electron chi connectivity index (χ2n) is 8.80. The van der Waals surface area contributed by atoms with Crippen LogP contribution in [-0.2, 0) is 19.1 Å². The molecule has 1 aliphatic carbocycles. The van der Waals surface area contributed by atoms with E-state index in [-0.39, 0.29) is 11.9 Å². The van der Waals surface area contributed by atoms with E-state index in [0.29, 0.717) is 38.4 Å². The zero-order valence-electron chi connectivity index (χ0n) is 19.1. The molecule has 0 N–H and O–H groups in total. The number of hydrogen-bond donors (Lipinski definition) is 0. The first kappa shape index (κ1) is 26.0. The van der Waals surface area contributed by atoms with E-state index in [1.54, 1.807) is 0 Å². The minimum atomic E-state index is -0.183. The number of rotatable bonds is 18. The highest BCUT2D eigenvalue weighted by Gasteiger charge is 2.15. The van der Waals surface area contributed by atoms with E-state index >= 15 is 0 Å². The summed E-state index contributed by atoms with van der Waals surface area (Å²) in [5.74, 6) is 0.189. The highest BCUT2D eigenvalue weighted by molar-refractivity contribution is 5.72. The van der Waals surface area contributed by atoms with Crippen LogP contribution in [0.3, 0.4) is 0 Å². The monoisotopic (exact) mass is 410 g/mol. The number of carbonyl (C=O) groups excluding carboxylic acids is 2. The van der Waals surface area contributed by atoms with Crippen molar-refractivity contribution >= 4 is 11.9 Å². The molecule has 1 saturated carbocycles. The summed E-state index contributed by atoms with van der Waals surface area (Å²) in [5, 5.41) is 0. The van der Waals surface area contributed by atoms with E-state index in [1.807, 2.05) is 0 Å². The standard InChI is InChI=1S/C25H46O4/c1-2-3-4-5-6-7-8-9-10-11-15-21-28-24(26)19-16-20-25(27)29-22-23-17-13-12-14-18-23/h23H,2-22H2,1H3. The quantitative estimate of drug-likeness (QED) is 0.178. The van der Waals surface area contributed by atoms with Gasteiger partial charge in [0.2, 0.25) is 0 Å². The maximum absolute atomic E-state index is 11.8. The van der Waals surface area contributed by atoms with E-state index in [4.69, 9.17) is 9.47 Å². The van der Waals surface area contributed by atoms with Crippen molar-refractivity contribution in [3.8, 4) is 0 Å². The molecule has 4 heteroatoms. The predicted octanol–water partition coefficient (Wildman–Crippen LogP) is 7.13. The zero-order chi connectivity index (χ0) is 21.0. The van der Waals surface area contributed by atoms with Crippen LogP contribution in [-0.4, -0.2) is 25.2 Å². The Labute approximate surface area is 179 Å². The Balaban J connectivity index is 1.81. The first-order chi connectivity index (χ1) is 14.2. The van der Waals surface area contributed by atoms with Crippen LogP contribution in [0.4, 0.5) is 0 Å². The molecular formula is C25H46O4. The minimum Gasteiger partial charge on any atom is -0.466 e. The number of hydrogen-bond acceptors (Lipinski definition) is 4. The Morgan fingerprint density at radius 2 is 1.17 bits per heavy atom. The van der Waals surface area contributed by atoms with Gasteiger partial charge in [-0.1, -0.05) is 90.4 Å². The van der Waals surface area contributed by atoms with E-state index in [2.05, 4.69) is 6.92 Å². The van der Waals surface area contributed by atoms with Crippen LogP contribution in [0.5, 0.6) is 0 Å². The molecule has 0 unspecified atom stereocenters. The normalized spacial score (nSPS) is 14.7. The third-order valence-corrected chi connectivity index (χ3v) is 5.98. The molecule has 0 bridgehead atoms. The molecule has 29 heavy (non-hydrogen) atoms. The third-order valence-electron chi connectivity index (χ3n) is 5.98. The summed E-state index contributed by atoms with van der Waals surface area (Å²) < 4.78 is 10.6. The fourth-order valence-corrected chi connectivity index (χ4v) is 4.04. The number of unbranched alkanes of at least 4 members (excludes halogenated alkanes) is 10. The van der Waals surface area contributed by atoms with Crippen molar-refractivity contribution in [2.45, 2.75) is 129 Å². The lowest BCUT2D eigenvalue weighted by Gasteiger charge is -2.20. The van der Waals surface area contributed by atoms with Gasteiger partial charge in [-0.05, 0) is 31.6 Å². The molecule has 1 aliphatic rings. The van der Waals surface area contributed by atoms with Gasteiger partial charge in [0.15, 0.2) is 0 Å². The summed E-state index contributed by atoms with van der Waals surface area (Å²) in [6.07, 6.45) is 21.5. The van der Waals surface area contributed by atoms with Gasteiger partial charge in [0.05, 0.1) is 13.2 Å². The van der Waals surface area contributed by atoms with E-state index in [0.717, 1.165) is 12.8 Å². The van der Waals surface area contributed by atoms with Crippen LogP contribution in [0.1, 0.15) is 129 Å². The van der Waals surface area contributed by atoms with Crippen LogP contribution >= 0.6 is 0 Å². The molecule has 1 fully saturated rings. The van der Waals surface area contributed by atoms with Gasteiger partial charge >= 0.3 is 11.9 Å². The highest BCUT2D eigenvalue weighted by Crippen LogP contribution is 2.23. The summed E-state index contributed by atoms with van der Waals surface area (Å²) >= 11 is 0. The minimum absolute atomic E-state index is 0.172. The second-order valence-corrected chi connectivity index (χ2v) is 8.80. The van der Waals surface area contributed by atoms with Crippen molar-refractivity contribution in [3.05, 3.63) is 0 Å². The van der Waals surface area contributed by atoms with Crippen LogP contribution in [0.15, 0.2) is 0 Å². The maximum Gasteiger partial charge on any atom is 0.305 e. The Kier molecular flexibility index (Phi) is 17.0. The Morgan fingerprint density at radius 1 is 0.655 bits per heavy atom. The molecule has 4 nitrogen and oxygen atoms in total. The Morgan fingerprint density at radius 3 is 1.76 bits per heavy atom. The molecule has 0 aromatic rings. The van der Waals surface area contributed by atoms with Crippen LogP contribution in [0.2, 0.25) is 0 Å². The first-order valence-corrected chi connectivity index (χ1v) is 12.5. The van der Waals surface area contributed by atoms with Crippen molar-refractivity contribution < 1.29 is 19.1 Å². The zero-order valence-corrected chi connectivity index (χ0v) is 19.1. The largest absolute Gasteiger partial charge is 0.466 e. The number of esters is 2. The number of carbonyl (C=O) groups is 2. The summed E-state index contributed by atoms with van der Waals surface area (Å²) in [4.78, 5) is 23.5. The first-order valence-electron chi connectivity index (χ1n) is 12.5. The molecule has 0 aliphatic heterocycles. The smallest absolute Gasteiger partial charge is 0.305 e. The molecule has 0 heterocycles. The van der Waals surface area contributed by atoms with Crippen LogP contribution in [0.25, 0.3) is 0 Å². The van der Waals surface area contributed by atoms with Gasteiger partial charge in [-0.25, -0.2) is 0 Å². The predicted molar refractivity (Wildman–Crippen MR) is 119 cm³/mol. The van der Waals surface area contributed by atoms with Gasteiger partial charge in [0.25, 0.3) is 0 Å².